The van der Waals surface area contributed by atoms with Gasteiger partial charge in [-0.1, -0.05) is 66.4 Å². The summed E-state index contributed by atoms with van der Waals surface area (Å²) in [4.78, 5) is 9.58. The molecule has 0 unspecified atom stereocenters. The van der Waals surface area contributed by atoms with E-state index in [9.17, 15) is 0 Å². The van der Waals surface area contributed by atoms with Gasteiger partial charge in [-0.2, -0.15) is 0 Å². The Balaban J connectivity index is 1.37. The molecule has 0 radical (unpaired) electrons. The van der Waals surface area contributed by atoms with Crippen molar-refractivity contribution in [3.63, 3.8) is 0 Å². The summed E-state index contributed by atoms with van der Waals surface area (Å²) in [7, 11) is 2.01. The average molecular weight is 449 g/mol. The topological polar surface area (TPSA) is 60.9 Å². The maximum atomic E-state index is 4.89. The Hall–Kier alpha value is -3.97. The van der Waals surface area contributed by atoms with Crippen molar-refractivity contribution in [2.75, 3.05) is 0 Å². The molecule has 0 spiro atoms. The van der Waals surface area contributed by atoms with E-state index in [1.807, 2.05) is 72.2 Å². The van der Waals surface area contributed by atoms with E-state index in [1.165, 1.54) is 0 Å². The lowest BCUT2D eigenvalue weighted by atomic mass is 10.0. The molecule has 0 amide bonds. The van der Waals surface area contributed by atoms with Gasteiger partial charge in [-0.05, 0) is 24.3 Å². The summed E-state index contributed by atoms with van der Waals surface area (Å²) in [5, 5.41) is 11.0. The van der Waals surface area contributed by atoms with Gasteiger partial charge in [-0.3, -0.25) is 0 Å². The number of hydrogen-bond donors (Lipinski definition) is 0. The first kappa shape index (κ1) is 19.7. The van der Waals surface area contributed by atoms with Gasteiger partial charge in [0.1, 0.15) is 5.65 Å². The highest BCUT2D eigenvalue weighted by Gasteiger charge is 2.17. The summed E-state index contributed by atoms with van der Waals surface area (Å²) in [6, 6.07) is 26.5. The summed E-state index contributed by atoms with van der Waals surface area (Å²) >= 11 is 1.63. The van der Waals surface area contributed by atoms with E-state index in [0.717, 1.165) is 55.8 Å². The molecular weight excluding hydrogens is 428 g/mol. The number of nitrogens with zero attached hydrogens (tertiary/aromatic N) is 6. The number of aromatic nitrogens is 6. The predicted octanol–water partition coefficient (Wildman–Crippen LogP) is 5.64. The van der Waals surface area contributed by atoms with E-state index in [-0.39, 0.29) is 0 Å². The molecule has 2 aromatic carbocycles. The largest absolute Gasteiger partial charge is 0.307 e. The molecule has 0 bridgehead atoms. The van der Waals surface area contributed by atoms with E-state index in [2.05, 4.69) is 50.2 Å². The number of hydrogen-bond acceptors (Lipinski definition) is 5. The zero-order valence-electron chi connectivity index (χ0n) is 18.0. The lowest BCUT2D eigenvalue weighted by molar-refractivity contribution is 0.794. The van der Waals surface area contributed by atoms with Crippen LogP contribution in [-0.4, -0.2) is 29.1 Å². The van der Waals surface area contributed by atoms with Gasteiger partial charge in [-0.15, -0.1) is 10.2 Å². The highest BCUT2D eigenvalue weighted by Crippen LogP contribution is 2.32. The van der Waals surface area contributed by atoms with E-state index < -0.39 is 0 Å². The Labute approximate surface area is 195 Å². The molecule has 33 heavy (non-hydrogen) atoms. The van der Waals surface area contributed by atoms with Crippen LogP contribution in [0.5, 0.6) is 0 Å². The van der Waals surface area contributed by atoms with Crippen molar-refractivity contribution in [3.8, 4) is 22.6 Å². The second-order valence-corrected chi connectivity index (χ2v) is 8.73. The van der Waals surface area contributed by atoms with Gasteiger partial charge >= 0.3 is 0 Å². The first-order valence-corrected chi connectivity index (χ1v) is 11.7. The molecule has 0 aliphatic heterocycles. The molecule has 160 valence electrons. The molecular formula is C26H20N6S. The summed E-state index contributed by atoms with van der Waals surface area (Å²) in [6.07, 6.45) is 4.07. The third-order valence-corrected chi connectivity index (χ3v) is 6.68. The van der Waals surface area contributed by atoms with Crippen LogP contribution in [0.4, 0.5) is 0 Å². The third-order valence-electron chi connectivity index (χ3n) is 5.62. The molecule has 6 nitrogen and oxygen atoms in total. The van der Waals surface area contributed by atoms with Gasteiger partial charge in [-0.25, -0.2) is 9.97 Å². The number of para-hydroxylation sites is 1. The van der Waals surface area contributed by atoms with Crippen molar-refractivity contribution < 1.29 is 0 Å². The van der Waals surface area contributed by atoms with Crippen LogP contribution in [0.25, 0.3) is 39.2 Å². The predicted molar refractivity (Wildman–Crippen MR) is 132 cm³/mol. The maximum absolute atomic E-state index is 4.89. The van der Waals surface area contributed by atoms with Crippen LogP contribution in [0, 0.1) is 0 Å². The molecule has 0 aliphatic rings. The standard InChI is InChI=1S/C26H20N6S/c1-31-25(29-30-26(31)33-17-19-16-32-14-8-7-13-24(32)27-19)21-15-23(18-9-3-2-4-10-18)28-22-12-6-5-11-20(21)22/h2-16H,17H2,1H3. The van der Waals surface area contributed by atoms with E-state index in [4.69, 9.17) is 4.98 Å². The number of imidazole rings is 1. The quantitative estimate of drug-likeness (QED) is 0.320. The van der Waals surface area contributed by atoms with Gasteiger partial charge in [0.15, 0.2) is 11.0 Å². The highest BCUT2D eigenvalue weighted by molar-refractivity contribution is 7.98. The van der Waals surface area contributed by atoms with Crippen LogP contribution in [-0.2, 0) is 12.8 Å². The van der Waals surface area contributed by atoms with Gasteiger partial charge in [0.25, 0.3) is 0 Å². The van der Waals surface area contributed by atoms with Gasteiger partial charge < -0.3 is 8.97 Å². The Kier molecular flexibility index (Phi) is 4.88. The van der Waals surface area contributed by atoms with Crippen LogP contribution in [0.3, 0.4) is 0 Å². The minimum absolute atomic E-state index is 0.722. The van der Waals surface area contributed by atoms with E-state index in [1.54, 1.807) is 11.8 Å². The molecule has 0 saturated heterocycles. The smallest absolute Gasteiger partial charge is 0.191 e. The van der Waals surface area contributed by atoms with Crippen molar-refractivity contribution in [2.45, 2.75) is 10.9 Å². The molecule has 0 N–H and O–H groups in total. The summed E-state index contributed by atoms with van der Waals surface area (Å²) < 4.78 is 4.09. The number of benzene rings is 2. The highest BCUT2D eigenvalue weighted by atomic mass is 32.2. The molecule has 4 heterocycles. The summed E-state index contributed by atoms with van der Waals surface area (Å²) in [5.74, 6) is 1.54. The van der Waals surface area contributed by atoms with Crippen LogP contribution < -0.4 is 0 Å². The van der Waals surface area contributed by atoms with Crippen molar-refractivity contribution in [1.29, 1.82) is 0 Å². The summed E-state index contributed by atoms with van der Waals surface area (Å²) in [5.41, 5.74) is 5.92. The van der Waals surface area contributed by atoms with Gasteiger partial charge in [0.2, 0.25) is 0 Å². The minimum atomic E-state index is 0.722. The first-order valence-electron chi connectivity index (χ1n) is 10.7. The van der Waals surface area contributed by atoms with E-state index >= 15 is 0 Å². The Bertz CT molecular complexity index is 1550. The van der Waals surface area contributed by atoms with Crippen LogP contribution in [0.15, 0.2) is 96.4 Å². The van der Waals surface area contributed by atoms with Gasteiger partial charge in [0, 0.05) is 41.7 Å². The second-order valence-electron chi connectivity index (χ2n) is 7.79. The molecule has 4 aromatic heterocycles. The van der Waals surface area contributed by atoms with Gasteiger partial charge in [0.05, 0.1) is 16.9 Å². The fourth-order valence-corrected chi connectivity index (χ4v) is 4.78. The molecule has 0 atom stereocenters. The SMILES string of the molecule is Cn1c(SCc2cn3ccccc3n2)nnc1-c1cc(-c2ccccc2)nc2ccccc12. The minimum Gasteiger partial charge on any atom is -0.307 e. The first-order chi connectivity index (χ1) is 16.3. The second kappa shape index (κ2) is 8.18. The number of pyridine rings is 2. The molecule has 0 aliphatic carbocycles. The lowest BCUT2D eigenvalue weighted by Crippen LogP contribution is -1.97. The fourth-order valence-electron chi connectivity index (χ4n) is 3.99. The summed E-state index contributed by atoms with van der Waals surface area (Å²) in [6.45, 7) is 0. The van der Waals surface area contributed by atoms with Crippen LogP contribution in [0.1, 0.15) is 5.69 Å². The normalized spacial score (nSPS) is 11.4. The van der Waals surface area contributed by atoms with E-state index in [0.29, 0.717) is 0 Å². The third kappa shape index (κ3) is 3.66. The zero-order chi connectivity index (χ0) is 22.2. The van der Waals surface area contributed by atoms with Crippen LogP contribution >= 0.6 is 11.8 Å². The monoisotopic (exact) mass is 448 g/mol. The molecule has 7 heteroatoms. The van der Waals surface area contributed by atoms with Crippen molar-refractivity contribution in [2.24, 2.45) is 7.05 Å². The molecule has 6 rings (SSSR count). The Morgan fingerprint density at radius 3 is 2.55 bits per heavy atom. The Morgan fingerprint density at radius 1 is 0.848 bits per heavy atom. The van der Waals surface area contributed by atoms with Crippen molar-refractivity contribution in [3.05, 3.63) is 97.0 Å². The maximum Gasteiger partial charge on any atom is 0.191 e. The zero-order valence-corrected chi connectivity index (χ0v) is 18.8. The lowest BCUT2D eigenvalue weighted by Gasteiger charge is -2.10. The molecule has 0 saturated carbocycles. The number of fused-ring (bicyclic) bond motifs is 2. The van der Waals surface area contributed by atoms with Crippen molar-refractivity contribution >= 4 is 28.3 Å². The van der Waals surface area contributed by atoms with Crippen molar-refractivity contribution in [1.82, 2.24) is 29.1 Å². The Morgan fingerprint density at radius 2 is 1.67 bits per heavy atom. The number of rotatable bonds is 5. The van der Waals surface area contributed by atoms with Crippen LogP contribution in [0.2, 0.25) is 0 Å². The number of thioether (sulfide) groups is 1. The average Bonchev–Trinajstić information content (AvgIpc) is 3.45. The molecule has 0 fully saturated rings. The molecule has 6 aromatic rings. The fraction of sp³-hybridized carbons (Fsp3) is 0.0769.